The zero-order valence-electron chi connectivity index (χ0n) is 16.2. The molecule has 1 aromatic carbocycles. The maximum Gasteiger partial charge on any atom is 0.261 e. The molecule has 0 aliphatic carbocycles. The summed E-state index contributed by atoms with van der Waals surface area (Å²) in [5, 5.41) is 0. The van der Waals surface area contributed by atoms with Gasteiger partial charge in [-0.15, -0.1) is 0 Å². The van der Waals surface area contributed by atoms with E-state index in [4.69, 9.17) is 4.42 Å². The molecule has 30 heavy (non-hydrogen) atoms. The van der Waals surface area contributed by atoms with Gasteiger partial charge < -0.3 is 14.3 Å². The Morgan fingerprint density at radius 1 is 0.967 bits per heavy atom. The van der Waals surface area contributed by atoms with E-state index in [1.165, 1.54) is 21.5 Å². The minimum Gasteiger partial charge on any atom is -0.463 e. The van der Waals surface area contributed by atoms with Crippen molar-refractivity contribution in [1.29, 1.82) is 0 Å². The molecule has 3 heterocycles. The van der Waals surface area contributed by atoms with E-state index in [2.05, 4.69) is 4.98 Å². The van der Waals surface area contributed by atoms with Gasteiger partial charge in [0.15, 0.2) is 0 Å². The molecule has 4 rings (SSSR count). The van der Waals surface area contributed by atoms with Gasteiger partial charge in [0.05, 0.1) is 17.7 Å². The Bertz CT molecular complexity index is 1180. The van der Waals surface area contributed by atoms with Crippen molar-refractivity contribution in [3.63, 3.8) is 0 Å². The fourth-order valence-corrected chi connectivity index (χ4v) is 4.95. The van der Waals surface area contributed by atoms with Crippen LogP contribution in [0, 0.1) is 0 Å². The van der Waals surface area contributed by atoms with E-state index >= 15 is 0 Å². The third kappa shape index (κ3) is 4.22. The van der Waals surface area contributed by atoms with Crippen LogP contribution in [0.3, 0.4) is 0 Å². The van der Waals surface area contributed by atoms with E-state index in [1.54, 1.807) is 42.5 Å². The van der Waals surface area contributed by atoms with Gasteiger partial charge in [-0.3, -0.25) is 9.59 Å². The fraction of sp³-hybridized carbons (Fsp3) is 0.238. The molecule has 1 saturated heterocycles. The normalized spacial score (nSPS) is 15.3. The van der Waals surface area contributed by atoms with Crippen LogP contribution in [0.25, 0.3) is 11.5 Å². The van der Waals surface area contributed by atoms with Crippen LogP contribution in [0.5, 0.6) is 0 Å². The first kappa shape index (κ1) is 20.1. The number of carbonyl (C=O) groups is 1. The number of rotatable bonds is 5. The maximum atomic E-state index is 12.8. The van der Waals surface area contributed by atoms with E-state index in [9.17, 15) is 18.0 Å². The zero-order valence-corrected chi connectivity index (χ0v) is 17.0. The number of hydrogen-bond donors (Lipinski definition) is 1. The molecule has 0 bridgehead atoms. The molecule has 0 unspecified atom stereocenters. The largest absolute Gasteiger partial charge is 0.463 e. The van der Waals surface area contributed by atoms with E-state index < -0.39 is 21.5 Å². The summed E-state index contributed by atoms with van der Waals surface area (Å²) in [6, 6.07) is 15.5. The van der Waals surface area contributed by atoms with Gasteiger partial charge in [-0.1, -0.05) is 30.3 Å². The Morgan fingerprint density at radius 2 is 1.70 bits per heavy atom. The molecule has 1 aliphatic heterocycles. The van der Waals surface area contributed by atoms with E-state index in [-0.39, 0.29) is 37.5 Å². The molecule has 2 aromatic heterocycles. The van der Waals surface area contributed by atoms with Crippen molar-refractivity contribution < 1.29 is 17.6 Å². The quantitative estimate of drug-likeness (QED) is 0.670. The molecule has 156 valence electrons. The fourth-order valence-electron chi connectivity index (χ4n) is 3.43. The predicted molar refractivity (Wildman–Crippen MR) is 111 cm³/mol. The zero-order chi connectivity index (χ0) is 21.1. The number of furan rings is 1. The van der Waals surface area contributed by atoms with Crippen LogP contribution in [0.2, 0.25) is 0 Å². The lowest BCUT2D eigenvalue weighted by molar-refractivity contribution is 0.0696. The second kappa shape index (κ2) is 8.29. The van der Waals surface area contributed by atoms with Crippen molar-refractivity contribution in [1.82, 2.24) is 14.2 Å². The summed E-state index contributed by atoms with van der Waals surface area (Å²) in [4.78, 5) is 29.3. The van der Waals surface area contributed by atoms with Gasteiger partial charge in [-0.05, 0) is 29.8 Å². The number of H-pyrrole nitrogens is 1. The Hall–Kier alpha value is -3.17. The Balaban J connectivity index is 1.41. The van der Waals surface area contributed by atoms with Gasteiger partial charge in [0.1, 0.15) is 11.3 Å². The van der Waals surface area contributed by atoms with Crippen LogP contribution in [0.4, 0.5) is 0 Å². The van der Waals surface area contributed by atoms with Crippen molar-refractivity contribution in [2.24, 2.45) is 0 Å². The Kier molecular flexibility index (Phi) is 5.56. The lowest BCUT2D eigenvalue weighted by atomic mass is 10.2. The van der Waals surface area contributed by atoms with Gasteiger partial charge in [0, 0.05) is 26.2 Å². The van der Waals surface area contributed by atoms with Crippen molar-refractivity contribution in [3.05, 3.63) is 82.3 Å². The lowest BCUT2D eigenvalue weighted by Crippen LogP contribution is -2.51. The molecule has 0 radical (unpaired) electrons. The predicted octanol–water partition coefficient (Wildman–Crippen LogP) is 1.92. The van der Waals surface area contributed by atoms with Crippen LogP contribution in [-0.2, 0) is 15.8 Å². The molecule has 8 nitrogen and oxygen atoms in total. The number of amides is 1. The summed E-state index contributed by atoms with van der Waals surface area (Å²) >= 11 is 0. The van der Waals surface area contributed by atoms with Gasteiger partial charge in [0.25, 0.3) is 11.5 Å². The van der Waals surface area contributed by atoms with E-state index in [1.807, 2.05) is 6.07 Å². The Labute approximate surface area is 173 Å². The second-order valence-corrected chi connectivity index (χ2v) is 8.99. The molecule has 0 atom stereocenters. The van der Waals surface area contributed by atoms with Crippen molar-refractivity contribution in [3.8, 4) is 11.5 Å². The van der Waals surface area contributed by atoms with Gasteiger partial charge in [-0.2, -0.15) is 4.31 Å². The van der Waals surface area contributed by atoms with Crippen molar-refractivity contribution in [2.75, 3.05) is 26.2 Å². The van der Waals surface area contributed by atoms with Gasteiger partial charge in [-0.25, -0.2) is 8.42 Å². The number of benzene rings is 1. The molecule has 1 amide bonds. The highest BCUT2D eigenvalue weighted by atomic mass is 32.2. The minimum atomic E-state index is -3.47. The van der Waals surface area contributed by atoms with Crippen LogP contribution in [-0.4, -0.2) is 54.7 Å². The highest BCUT2D eigenvalue weighted by molar-refractivity contribution is 7.88. The second-order valence-electron chi connectivity index (χ2n) is 7.03. The molecule has 1 N–H and O–H groups in total. The highest BCUT2D eigenvalue weighted by Gasteiger charge is 2.30. The molecule has 0 spiro atoms. The number of carbonyl (C=O) groups excluding carboxylic acids is 1. The van der Waals surface area contributed by atoms with Crippen LogP contribution < -0.4 is 5.56 Å². The lowest BCUT2D eigenvalue weighted by Gasteiger charge is -2.34. The Morgan fingerprint density at radius 3 is 2.33 bits per heavy atom. The molecule has 9 heteroatoms. The molecule has 0 saturated carbocycles. The third-order valence-electron chi connectivity index (χ3n) is 5.04. The standard InChI is InChI=1S/C21H21N3O5S/c25-20-17(8-9-18(22-20)19-7-4-14-29-19)21(26)23-10-12-24(13-11-23)30(27,28)15-16-5-2-1-3-6-16/h1-9,14H,10-13,15H2,(H,22,25). The first-order valence-corrected chi connectivity index (χ1v) is 11.1. The average molecular weight is 427 g/mol. The molecule has 1 fully saturated rings. The topological polar surface area (TPSA) is 104 Å². The highest BCUT2D eigenvalue weighted by Crippen LogP contribution is 2.17. The first-order chi connectivity index (χ1) is 14.4. The summed E-state index contributed by atoms with van der Waals surface area (Å²) in [6.45, 7) is 0.852. The number of sulfonamides is 1. The number of nitrogens with zero attached hydrogens (tertiary/aromatic N) is 2. The number of hydrogen-bond acceptors (Lipinski definition) is 5. The molecular weight excluding hydrogens is 406 g/mol. The van der Waals surface area contributed by atoms with Gasteiger partial charge >= 0.3 is 0 Å². The summed E-state index contributed by atoms with van der Waals surface area (Å²) in [7, 11) is -3.47. The number of aromatic nitrogens is 1. The summed E-state index contributed by atoms with van der Waals surface area (Å²) in [5.41, 5.74) is 0.719. The monoisotopic (exact) mass is 427 g/mol. The summed E-state index contributed by atoms with van der Waals surface area (Å²) in [6.07, 6.45) is 1.50. The number of pyridine rings is 1. The van der Waals surface area contributed by atoms with Gasteiger partial charge in [0.2, 0.25) is 10.0 Å². The molecular formula is C21H21N3O5S. The van der Waals surface area contributed by atoms with Crippen LogP contribution in [0.15, 0.2) is 70.1 Å². The number of aromatic amines is 1. The first-order valence-electron chi connectivity index (χ1n) is 9.52. The van der Waals surface area contributed by atoms with Crippen molar-refractivity contribution >= 4 is 15.9 Å². The smallest absolute Gasteiger partial charge is 0.261 e. The van der Waals surface area contributed by atoms with Crippen LogP contribution >= 0.6 is 0 Å². The third-order valence-corrected chi connectivity index (χ3v) is 6.89. The van der Waals surface area contributed by atoms with E-state index in [0.29, 0.717) is 11.5 Å². The molecule has 3 aromatic rings. The van der Waals surface area contributed by atoms with Crippen molar-refractivity contribution in [2.45, 2.75) is 5.75 Å². The average Bonchev–Trinajstić information content (AvgIpc) is 3.29. The summed E-state index contributed by atoms with van der Waals surface area (Å²) < 4.78 is 32.0. The van der Waals surface area contributed by atoms with Crippen LogP contribution in [0.1, 0.15) is 15.9 Å². The van der Waals surface area contributed by atoms with E-state index in [0.717, 1.165) is 5.56 Å². The SMILES string of the molecule is O=C(c1ccc(-c2ccco2)[nH]c1=O)N1CCN(S(=O)(=O)Cc2ccccc2)CC1. The minimum absolute atomic E-state index is 0.0194. The summed E-state index contributed by atoms with van der Waals surface area (Å²) in [5.74, 6) is 0.0149. The molecule has 1 aliphatic rings. The number of nitrogens with one attached hydrogen (secondary N) is 1. The maximum absolute atomic E-state index is 12.8. The number of piperazine rings is 1.